The van der Waals surface area contributed by atoms with Crippen molar-refractivity contribution in [2.45, 2.75) is 78.3 Å². The molecule has 1 aliphatic carbocycles. The summed E-state index contributed by atoms with van der Waals surface area (Å²) < 4.78 is 2.18. The summed E-state index contributed by atoms with van der Waals surface area (Å²) in [7, 11) is 0. The Morgan fingerprint density at radius 2 is 2.00 bits per heavy atom. The van der Waals surface area contributed by atoms with Gasteiger partial charge in [0, 0.05) is 12.2 Å². The summed E-state index contributed by atoms with van der Waals surface area (Å²) in [4.78, 5) is 0. The van der Waals surface area contributed by atoms with E-state index in [-0.39, 0.29) is 0 Å². The maximum Gasteiger partial charge on any atom is 0.0630 e. The van der Waals surface area contributed by atoms with Gasteiger partial charge in [0.05, 0.1) is 11.7 Å². The second-order valence-electron chi connectivity index (χ2n) is 6.47. The number of nitrogens with one attached hydrogen (secondary N) is 1. The zero-order chi connectivity index (χ0) is 14.6. The highest BCUT2D eigenvalue weighted by molar-refractivity contribution is 5.11. The Hall–Kier alpha value is -0.830. The lowest BCUT2D eigenvalue weighted by molar-refractivity contribution is 0.344. The first-order valence-electron chi connectivity index (χ1n) is 8.42. The van der Waals surface area contributed by atoms with Crippen LogP contribution in [0, 0.1) is 5.41 Å². The highest BCUT2D eigenvalue weighted by Gasteiger charge is 2.47. The minimum absolute atomic E-state index is 0.474. The van der Waals surface area contributed by atoms with Gasteiger partial charge in [-0.2, -0.15) is 5.10 Å². The van der Waals surface area contributed by atoms with Gasteiger partial charge >= 0.3 is 0 Å². The molecule has 2 rings (SSSR count). The van der Waals surface area contributed by atoms with E-state index in [1.165, 1.54) is 25.0 Å². The Labute approximate surface area is 124 Å². The second-order valence-corrected chi connectivity index (χ2v) is 6.47. The first kappa shape index (κ1) is 15.6. The molecule has 20 heavy (non-hydrogen) atoms. The van der Waals surface area contributed by atoms with Crippen LogP contribution in [0.1, 0.15) is 71.5 Å². The second kappa shape index (κ2) is 6.75. The standard InChI is InChI=1S/C17H31N3/c1-5-11-18-14(4)17(9-10-17)13-15-8-12-20(19-15)16(6-2)7-3/h8,12,14,16,18H,5-7,9-11,13H2,1-4H3. The molecule has 0 radical (unpaired) electrons. The van der Waals surface area contributed by atoms with Crippen LogP contribution in [0.3, 0.4) is 0 Å². The van der Waals surface area contributed by atoms with Gasteiger partial charge < -0.3 is 5.32 Å². The lowest BCUT2D eigenvalue weighted by atomic mass is 9.92. The van der Waals surface area contributed by atoms with Gasteiger partial charge in [0.2, 0.25) is 0 Å². The van der Waals surface area contributed by atoms with E-state index in [2.05, 4.69) is 50.0 Å². The van der Waals surface area contributed by atoms with Crippen molar-refractivity contribution in [1.29, 1.82) is 0 Å². The van der Waals surface area contributed by atoms with Crippen molar-refractivity contribution in [3.05, 3.63) is 18.0 Å². The molecule has 0 saturated heterocycles. The molecular weight excluding hydrogens is 246 g/mol. The van der Waals surface area contributed by atoms with E-state index >= 15 is 0 Å². The monoisotopic (exact) mass is 277 g/mol. The van der Waals surface area contributed by atoms with Gasteiger partial charge in [0.15, 0.2) is 0 Å². The van der Waals surface area contributed by atoms with Gasteiger partial charge in [-0.05, 0) is 63.5 Å². The number of aromatic nitrogens is 2. The average Bonchev–Trinajstić information content (AvgIpc) is 3.10. The van der Waals surface area contributed by atoms with Crippen LogP contribution < -0.4 is 5.32 Å². The van der Waals surface area contributed by atoms with Crippen LogP contribution in [0.4, 0.5) is 0 Å². The third-order valence-electron chi connectivity index (χ3n) is 5.02. The smallest absolute Gasteiger partial charge is 0.0630 e. The van der Waals surface area contributed by atoms with Crippen LogP contribution in [0.5, 0.6) is 0 Å². The molecule has 1 unspecified atom stereocenters. The quantitative estimate of drug-likeness (QED) is 0.740. The molecule has 1 atom stereocenters. The fourth-order valence-electron chi connectivity index (χ4n) is 3.20. The van der Waals surface area contributed by atoms with Crippen molar-refractivity contribution in [2.24, 2.45) is 5.41 Å². The summed E-state index contributed by atoms with van der Waals surface area (Å²) in [5.74, 6) is 0. The molecule has 3 nitrogen and oxygen atoms in total. The van der Waals surface area contributed by atoms with Crippen molar-refractivity contribution in [3.63, 3.8) is 0 Å². The Bertz CT molecular complexity index is 402. The summed E-state index contributed by atoms with van der Waals surface area (Å²) in [5, 5.41) is 8.50. The molecule has 1 heterocycles. The highest BCUT2D eigenvalue weighted by atomic mass is 15.3. The number of nitrogens with zero attached hydrogens (tertiary/aromatic N) is 2. The van der Waals surface area contributed by atoms with E-state index in [4.69, 9.17) is 5.10 Å². The molecule has 1 saturated carbocycles. The van der Waals surface area contributed by atoms with Gasteiger partial charge in [-0.1, -0.05) is 20.8 Å². The maximum absolute atomic E-state index is 4.83. The fraction of sp³-hybridized carbons (Fsp3) is 0.824. The van der Waals surface area contributed by atoms with E-state index in [1.54, 1.807) is 0 Å². The van der Waals surface area contributed by atoms with Crippen molar-refractivity contribution in [1.82, 2.24) is 15.1 Å². The summed E-state index contributed by atoms with van der Waals surface area (Å²) in [6.45, 7) is 10.2. The van der Waals surface area contributed by atoms with E-state index in [1.807, 2.05) is 0 Å². The van der Waals surface area contributed by atoms with Gasteiger partial charge in [-0.25, -0.2) is 0 Å². The zero-order valence-corrected chi connectivity index (χ0v) is 13.7. The fourth-order valence-corrected chi connectivity index (χ4v) is 3.20. The van der Waals surface area contributed by atoms with Gasteiger partial charge in [0.25, 0.3) is 0 Å². The van der Waals surface area contributed by atoms with Crippen LogP contribution in [-0.4, -0.2) is 22.4 Å². The summed E-state index contributed by atoms with van der Waals surface area (Å²) >= 11 is 0. The largest absolute Gasteiger partial charge is 0.314 e. The summed E-state index contributed by atoms with van der Waals surface area (Å²) in [6.07, 6.45) is 9.55. The molecule has 1 aromatic rings. The van der Waals surface area contributed by atoms with E-state index < -0.39 is 0 Å². The lowest BCUT2D eigenvalue weighted by Crippen LogP contribution is -2.36. The molecule has 1 N–H and O–H groups in total. The molecule has 0 spiro atoms. The molecule has 114 valence electrons. The van der Waals surface area contributed by atoms with Crippen LogP contribution in [0.25, 0.3) is 0 Å². The molecule has 0 amide bonds. The van der Waals surface area contributed by atoms with Gasteiger partial charge in [-0.15, -0.1) is 0 Å². The highest BCUT2D eigenvalue weighted by Crippen LogP contribution is 2.51. The normalized spacial score (nSPS) is 18.4. The predicted molar refractivity (Wildman–Crippen MR) is 85.0 cm³/mol. The first-order valence-corrected chi connectivity index (χ1v) is 8.42. The third kappa shape index (κ3) is 3.43. The summed E-state index contributed by atoms with van der Waals surface area (Å²) in [6, 6.07) is 3.40. The van der Waals surface area contributed by atoms with Crippen LogP contribution in [0.15, 0.2) is 12.3 Å². The maximum atomic E-state index is 4.83. The topological polar surface area (TPSA) is 29.9 Å². The third-order valence-corrected chi connectivity index (χ3v) is 5.02. The Morgan fingerprint density at radius 3 is 2.55 bits per heavy atom. The summed E-state index contributed by atoms with van der Waals surface area (Å²) in [5.41, 5.74) is 1.75. The molecule has 0 aromatic carbocycles. The number of hydrogen-bond acceptors (Lipinski definition) is 2. The van der Waals surface area contributed by atoms with E-state index in [0.717, 1.165) is 25.8 Å². The van der Waals surface area contributed by atoms with Crippen molar-refractivity contribution >= 4 is 0 Å². The molecule has 0 bridgehead atoms. The Morgan fingerprint density at radius 1 is 1.30 bits per heavy atom. The van der Waals surface area contributed by atoms with Crippen LogP contribution in [-0.2, 0) is 6.42 Å². The molecular formula is C17H31N3. The minimum Gasteiger partial charge on any atom is -0.314 e. The molecule has 3 heteroatoms. The minimum atomic E-state index is 0.474. The van der Waals surface area contributed by atoms with Gasteiger partial charge in [0.1, 0.15) is 0 Å². The Balaban J connectivity index is 1.96. The van der Waals surface area contributed by atoms with Crippen molar-refractivity contribution in [3.8, 4) is 0 Å². The number of hydrogen-bond donors (Lipinski definition) is 1. The molecule has 1 aromatic heterocycles. The molecule has 1 fully saturated rings. The SMILES string of the molecule is CCCNC(C)C1(Cc2ccn(C(CC)CC)n2)CC1. The zero-order valence-electron chi connectivity index (χ0n) is 13.7. The van der Waals surface area contributed by atoms with Gasteiger partial charge in [-0.3, -0.25) is 4.68 Å². The van der Waals surface area contributed by atoms with Crippen LogP contribution in [0.2, 0.25) is 0 Å². The van der Waals surface area contributed by atoms with E-state index in [9.17, 15) is 0 Å². The van der Waals surface area contributed by atoms with E-state index in [0.29, 0.717) is 17.5 Å². The van der Waals surface area contributed by atoms with Crippen LogP contribution >= 0.6 is 0 Å². The molecule has 1 aliphatic rings. The average molecular weight is 277 g/mol. The lowest BCUT2D eigenvalue weighted by Gasteiger charge is -2.24. The first-order chi connectivity index (χ1) is 9.65. The Kier molecular flexibility index (Phi) is 5.25. The van der Waals surface area contributed by atoms with Crippen molar-refractivity contribution in [2.75, 3.05) is 6.54 Å². The molecule has 0 aliphatic heterocycles. The van der Waals surface area contributed by atoms with Crippen molar-refractivity contribution < 1.29 is 0 Å². The number of rotatable bonds is 9. The predicted octanol–water partition coefficient (Wildman–Crippen LogP) is 3.96.